The van der Waals surface area contributed by atoms with E-state index in [4.69, 9.17) is 0 Å². The van der Waals surface area contributed by atoms with E-state index in [0.29, 0.717) is 18.3 Å². The van der Waals surface area contributed by atoms with Gasteiger partial charge in [-0.1, -0.05) is 6.07 Å². The Balaban J connectivity index is 1.31. The van der Waals surface area contributed by atoms with Crippen molar-refractivity contribution in [2.75, 3.05) is 11.9 Å². The molecule has 0 fully saturated rings. The highest BCUT2D eigenvalue weighted by atomic mass is 19.1. The SMILES string of the molecule is O=C(CNC(=O)c1cc(F)cc(F)c1)Nc1cnn(Cc2cn3ccccc3n2)c1. The molecule has 30 heavy (non-hydrogen) atoms. The van der Waals surface area contributed by atoms with Crippen molar-refractivity contribution in [3.05, 3.63) is 84.1 Å². The van der Waals surface area contributed by atoms with Gasteiger partial charge in [0.1, 0.15) is 17.3 Å². The fourth-order valence-electron chi connectivity index (χ4n) is 2.90. The highest BCUT2D eigenvalue weighted by Crippen LogP contribution is 2.10. The molecule has 0 saturated heterocycles. The van der Waals surface area contributed by atoms with Crippen molar-refractivity contribution in [3.63, 3.8) is 0 Å². The number of hydrogen-bond donors (Lipinski definition) is 2. The summed E-state index contributed by atoms with van der Waals surface area (Å²) in [6.45, 7) is 0.0496. The second-order valence-corrected chi connectivity index (χ2v) is 6.51. The smallest absolute Gasteiger partial charge is 0.251 e. The molecule has 0 bridgehead atoms. The highest BCUT2D eigenvalue weighted by Gasteiger charge is 2.12. The van der Waals surface area contributed by atoms with Gasteiger partial charge in [0.2, 0.25) is 5.91 Å². The van der Waals surface area contributed by atoms with E-state index in [-0.39, 0.29) is 12.1 Å². The van der Waals surface area contributed by atoms with E-state index in [1.807, 2.05) is 35.0 Å². The minimum absolute atomic E-state index is 0.208. The maximum Gasteiger partial charge on any atom is 0.251 e. The fourth-order valence-corrected chi connectivity index (χ4v) is 2.90. The lowest BCUT2D eigenvalue weighted by molar-refractivity contribution is -0.115. The lowest BCUT2D eigenvalue weighted by Crippen LogP contribution is -2.32. The number of carbonyl (C=O) groups is 2. The second-order valence-electron chi connectivity index (χ2n) is 6.51. The zero-order valence-electron chi connectivity index (χ0n) is 15.5. The Bertz CT molecular complexity index is 1180. The summed E-state index contributed by atoms with van der Waals surface area (Å²) in [5, 5.41) is 9.08. The van der Waals surface area contributed by atoms with Gasteiger partial charge in [-0.25, -0.2) is 13.8 Å². The largest absolute Gasteiger partial charge is 0.343 e. The molecule has 2 amide bonds. The van der Waals surface area contributed by atoms with Crippen molar-refractivity contribution in [2.45, 2.75) is 6.54 Å². The van der Waals surface area contributed by atoms with Gasteiger partial charge in [-0.15, -0.1) is 0 Å². The van der Waals surface area contributed by atoms with Gasteiger partial charge in [0.05, 0.1) is 30.7 Å². The average Bonchev–Trinajstić information content (AvgIpc) is 3.31. The standard InChI is InChI=1S/C20H16F2N6O2/c21-14-5-13(6-15(22)7-14)20(30)23-9-19(29)26-16-8-24-28(11-16)12-17-10-27-4-2-1-3-18(27)25-17/h1-8,10-11H,9,12H2,(H,23,30)(H,26,29). The molecule has 3 heterocycles. The van der Waals surface area contributed by atoms with E-state index in [2.05, 4.69) is 20.7 Å². The molecule has 0 aliphatic carbocycles. The molecule has 4 aromatic rings. The lowest BCUT2D eigenvalue weighted by Gasteiger charge is -2.06. The molecule has 0 unspecified atom stereocenters. The van der Waals surface area contributed by atoms with E-state index in [9.17, 15) is 18.4 Å². The van der Waals surface area contributed by atoms with Gasteiger partial charge in [-0.05, 0) is 24.3 Å². The number of nitrogens with zero attached hydrogens (tertiary/aromatic N) is 4. The number of rotatable bonds is 6. The van der Waals surface area contributed by atoms with E-state index < -0.39 is 23.4 Å². The van der Waals surface area contributed by atoms with Gasteiger partial charge in [-0.2, -0.15) is 5.10 Å². The molecule has 4 rings (SSSR count). The summed E-state index contributed by atoms with van der Waals surface area (Å²) in [5.74, 6) is -3.01. The van der Waals surface area contributed by atoms with Crippen molar-refractivity contribution in [3.8, 4) is 0 Å². The summed E-state index contributed by atoms with van der Waals surface area (Å²) < 4.78 is 29.9. The third kappa shape index (κ3) is 4.49. The molecule has 0 aliphatic rings. The van der Waals surface area contributed by atoms with Crippen LogP contribution in [-0.2, 0) is 11.3 Å². The number of pyridine rings is 1. The summed E-state index contributed by atoms with van der Waals surface area (Å²) in [4.78, 5) is 28.5. The molecule has 0 radical (unpaired) electrons. The number of anilines is 1. The predicted octanol–water partition coefficient (Wildman–Crippen LogP) is 2.23. The van der Waals surface area contributed by atoms with Crippen LogP contribution in [0.15, 0.2) is 61.2 Å². The van der Waals surface area contributed by atoms with Crippen LogP contribution in [0.2, 0.25) is 0 Å². The van der Waals surface area contributed by atoms with Crippen LogP contribution < -0.4 is 10.6 Å². The quantitative estimate of drug-likeness (QED) is 0.510. The van der Waals surface area contributed by atoms with Crippen molar-refractivity contribution >= 4 is 23.1 Å². The third-order valence-corrected chi connectivity index (χ3v) is 4.19. The zero-order valence-corrected chi connectivity index (χ0v) is 15.5. The lowest BCUT2D eigenvalue weighted by atomic mass is 10.2. The first-order valence-electron chi connectivity index (χ1n) is 8.95. The predicted molar refractivity (Wildman–Crippen MR) is 104 cm³/mol. The minimum Gasteiger partial charge on any atom is -0.343 e. The molecule has 3 aromatic heterocycles. The number of nitrogens with one attached hydrogen (secondary N) is 2. The number of hydrogen-bond acceptors (Lipinski definition) is 4. The van der Waals surface area contributed by atoms with Gasteiger partial charge < -0.3 is 15.0 Å². The van der Waals surface area contributed by atoms with Crippen LogP contribution in [0.4, 0.5) is 14.5 Å². The van der Waals surface area contributed by atoms with E-state index in [1.165, 1.54) is 6.20 Å². The Labute approximate surface area is 169 Å². The first-order valence-corrected chi connectivity index (χ1v) is 8.95. The van der Waals surface area contributed by atoms with Gasteiger partial charge in [0, 0.05) is 30.2 Å². The van der Waals surface area contributed by atoms with E-state index >= 15 is 0 Å². The van der Waals surface area contributed by atoms with Gasteiger partial charge in [0.15, 0.2) is 0 Å². The van der Waals surface area contributed by atoms with Crippen molar-refractivity contribution < 1.29 is 18.4 Å². The monoisotopic (exact) mass is 410 g/mol. The Hall–Kier alpha value is -4.08. The summed E-state index contributed by atoms with van der Waals surface area (Å²) >= 11 is 0. The Morgan fingerprint density at radius 1 is 1.07 bits per heavy atom. The molecule has 0 spiro atoms. The van der Waals surface area contributed by atoms with Crippen molar-refractivity contribution in [2.24, 2.45) is 0 Å². The van der Waals surface area contributed by atoms with Crippen LogP contribution >= 0.6 is 0 Å². The summed E-state index contributed by atoms with van der Waals surface area (Å²) in [6.07, 6.45) is 6.89. The Morgan fingerprint density at radius 3 is 2.63 bits per heavy atom. The molecule has 0 atom stereocenters. The molecule has 10 heteroatoms. The van der Waals surface area contributed by atoms with Crippen LogP contribution in [0.25, 0.3) is 5.65 Å². The summed E-state index contributed by atoms with van der Waals surface area (Å²) in [6, 6.07) is 8.14. The molecule has 2 N–H and O–H groups in total. The second kappa shape index (κ2) is 8.11. The van der Waals surface area contributed by atoms with Gasteiger partial charge in [0.25, 0.3) is 5.91 Å². The van der Waals surface area contributed by atoms with Crippen molar-refractivity contribution in [1.82, 2.24) is 24.5 Å². The molecule has 0 aliphatic heterocycles. The number of halogens is 2. The minimum atomic E-state index is -0.873. The van der Waals surface area contributed by atoms with Crippen LogP contribution in [0.3, 0.4) is 0 Å². The maximum absolute atomic E-state index is 13.2. The number of imidazole rings is 1. The average molecular weight is 410 g/mol. The van der Waals surface area contributed by atoms with Gasteiger partial charge >= 0.3 is 0 Å². The number of benzene rings is 1. The molecular formula is C20H16F2N6O2. The van der Waals surface area contributed by atoms with Crippen molar-refractivity contribution in [1.29, 1.82) is 0 Å². The number of amides is 2. The number of aromatic nitrogens is 4. The Kier molecular flexibility index (Phi) is 5.21. The molecule has 1 aromatic carbocycles. The first kappa shape index (κ1) is 19.2. The van der Waals surface area contributed by atoms with Crippen LogP contribution in [-0.4, -0.2) is 37.5 Å². The van der Waals surface area contributed by atoms with Gasteiger partial charge in [-0.3, -0.25) is 14.3 Å². The summed E-state index contributed by atoms with van der Waals surface area (Å²) in [7, 11) is 0. The molecular weight excluding hydrogens is 394 g/mol. The normalized spacial score (nSPS) is 10.9. The van der Waals surface area contributed by atoms with Crippen LogP contribution in [0.1, 0.15) is 16.1 Å². The third-order valence-electron chi connectivity index (χ3n) is 4.19. The summed E-state index contributed by atoms with van der Waals surface area (Å²) in [5.41, 5.74) is 1.86. The first-order chi connectivity index (χ1) is 14.5. The zero-order chi connectivity index (χ0) is 21.1. The van der Waals surface area contributed by atoms with E-state index in [0.717, 1.165) is 23.5 Å². The molecule has 0 saturated carbocycles. The molecule has 152 valence electrons. The number of carbonyl (C=O) groups excluding carboxylic acids is 2. The molecule has 8 nitrogen and oxygen atoms in total. The fraction of sp³-hybridized carbons (Fsp3) is 0.100. The van der Waals surface area contributed by atoms with Crippen LogP contribution in [0, 0.1) is 11.6 Å². The maximum atomic E-state index is 13.2. The Morgan fingerprint density at radius 2 is 1.87 bits per heavy atom. The topological polar surface area (TPSA) is 93.3 Å². The number of fused-ring (bicyclic) bond motifs is 1. The highest BCUT2D eigenvalue weighted by molar-refractivity contribution is 5.99. The van der Waals surface area contributed by atoms with Crippen LogP contribution in [0.5, 0.6) is 0 Å². The van der Waals surface area contributed by atoms with E-state index in [1.54, 1.807) is 10.9 Å².